The highest BCUT2D eigenvalue weighted by molar-refractivity contribution is 7.12. The van der Waals surface area contributed by atoms with Gasteiger partial charge in [-0.05, 0) is 38.1 Å². The lowest BCUT2D eigenvalue weighted by Gasteiger charge is -2.13. The van der Waals surface area contributed by atoms with Crippen molar-refractivity contribution in [2.45, 2.75) is 19.9 Å². The second-order valence-corrected chi connectivity index (χ2v) is 6.04. The molecule has 0 saturated heterocycles. The molecule has 1 amide bonds. The summed E-state index contributed by atoms with van der Waals surface area (Å²) < 4.78 is 0. The normalized spacial score (nSPS) is 12.0. The summed E-state index contributed by atoms with van der Waals surface area (Å²) in [5.41, 5.74) is 2.54. The third-order valence-electron chi connectivity index (χ3n) is 2.74. The zero-order valence-electron chi connectivity index (χ0n) is 11.1. The van der Waals surface area contributed by atoms with Gasteiger partial charge in [-0.1, -0.05) is 11.6 Å². The van der Waals surface area contributed by atoms with E-state index in [-0.39, 0.29) is 22.7 Å². The summed E-state index contributed by atoms with van der Waals surface area (Å²) in [6, 6.07) is 7.10. The van der Waals surface area contributed by atoms with Crippen LogP contribution in [0, 0.1) is 6.92 Å². The zero-order valence-corrected chi connectivity index (χ0v) is 12.7. The van der Waals surface area contributed by atoms with E-state index in [4.69, 9.17) is 17.4 Å². The van der Waals surface area contributed by atoms with Crippen molar-refractivity contribution in [2.24, 2.45) is 5.84 Å². The maximum absolute atomic E-state index is 12.2. The van der Waals surface area contributed by atoms with Gasteiger partial charge in [0.2, 0.25) is 0 Å². The average molecular weight is 311 g/mol. The Balaban J connectivity index is 2.15. The second-order valence-electron chi connectivity index (χ2n) is 4.31. The van der Waals surface area contributed by atoms with Crippen molar-refractivity contribution in [1.29, 1.82) is 0 Å². The van der Waals surface area contributed by atoms with Crippen molar-refractivity contribution in [3.8, 4) is 0 Å². The minimum absolute atomic E-state index is 0.103. The summed E-state index contributed by atoms with van der Waals surface area (Å²) in [4.78, 5) is 18.6. The van der Waals surface area contributed by atoms with Gasteiger partial charge in [-0.15, -0.1) is 11.3 Å². The number of carbonyl (C=O) groups excluding carboxylic acids is 1. The van der Waals surface area contributed by atoms with Gasteiger partial charge in [0.05, 0.1) is 11.1 Å². The lowest BCUT2D eigenvalue weighted by Crippen LogP contribution is -2.27. The van der Waals surface area contributed by atoms with Crippen LogP contribution in [0.1, 0.15) is 33.2 Å². The summed E-state index contributed by atoms with van der Waals surface area (Å²) in [5.74, 6) is 5.34. The molecule has 20 heavy (non-hydrogen) atoms. The standard InChI is InChI=1S/C13H15ClN4OS/c1-7-3-5-10(20-7)8(2)16-13(19)12-9(14)4-6-11(17-12)18-15/h3-6,8H,15H2,1-2H3,(H,16,19)(H,17,18). The van der Waals surface area contributed by atoms with Crippen LogP contribution >= 0.6 is 22.9 Å². The predicted octanol–water partition coefficient (Wildman–Crippen LogP) is 2.88. The first-order valence-electron chi connectivity index (χ1n) is 6.01. The van der Waals surface area contributed by atoms with Crippen LogP contribution in [-0.2, 0) is 0 Å². The molecule has 2 heterocycles. The van der Waals surface area contributed by atoms with Crippen molar-refractivity contribution in [3.63, 3.8) is 0 Å². The number of amides is 1. The van der Waals surface area contributed by atoms with E-state index in [9.17, 15) is 4.79 Å². The molecule has 0 bridgehead atoms. The molecule has 0 aliphatic heterocycles. The molecular formula is C13H15ClN4OS. The molecule has 2 rings (SSSR count). The quantitative estimate of drug-likeness (QED) is 0.599. The molecule has 0 spiro atoms. The number of hydrogen-bond acceptors (Lipinski definition) is 5. The van der Waals surface area contributed by atoms with Crippen LogP contribution in [0.4, 0.5) is 5.82 Å². The van der Waals surface area contributed by atoms with Gasteiger partial charge in [-0.25, -0.2) is 10.8 Å². The fourth-order valence-electron chi connectivity index (χ4n) is 1.70. The van der Waals surface area contributed by atoms with Crippen LogP contribution < -0.4 is 16.6 Å². The van der Waals surface area contributed by atoms with E-state index < -0.39 is 0 Å². The fourth-order valence-corrected chi connectivity index (χ4v) is 2.77. The molecule has 0 saturated carbocycles. The van der Waals surface area contributed by atoms with Crippen molar-refractivity contribution >= 4 is 34.7 Å². The number of aryl methyl sites for hydroxylation is 1. The molecule has 1 unspecified atom stereocenters. The van der Waals surface area contributed by atoms with E-state index in [0.717, 1.165) is 4.88 Å². The Hall–Kier alpha value is -1.63. The number of nitrogens with zero attached hydrogens (tertiary/aromatic N) is 1. The molecule has 0 aromatic carbocycles. The summed E-state index contributed by atoms with van der Waals surface area (Å²) in [5, 5.41) is 3.16. The van der Waals surface area contributed by atoms with E-state index in [1.165, 1.54) is 4.88 Å². The first kappa shape index (κ1) is 14.8. The number of pyridine rings is 1. The Kier molecular flexibility index (Phi) is 4.59. The highest BCUT2D eigenvalue weighted by Crippen LogP contribution is 2.23. The molecule has 0 fully saturated rings. The average Bonchev–Trinajstić information content (AvgIpc) is 2.86. The van der Waals surface area contributed by atoms with Crippen LogP contribution in [0.25, 0.3) is 0 Å². The summed E-state index contributed by atoms with van der Waals surface area (Å²) >= 11 is 7.64. The number of nitrogen functional groups attached to an aromatic ring is 1. The number of aromatic nitrogens is 1. The molecule has 4 N–H and O–H groups in total. The van der Waals surface area contributed by atoms with E-state index in [1.807, 2.05) is 26.0 Å². The Morgan fingerprint density at radius 1 is 1.40 bits per heavy atom. The molecule has 7 heteroatoms. The summed E-state index contributed by atoms with van der Waals surface area (Å²) in [7, 11) is 0. The summed E-state index contributed by atoms with van der Waals surface area (Å²) in [6.07, 6.45) is 0. The van der Waals surface area contributed by atoms with E-state index >= 15 is 0 Å². The molecule has 0 aliphatic rings. The van der Waals surface area contributed by atoms with Gasteiger partial charge < -0.3 is 10.7 Å². The lowest BCUT2D eigenvalue weighted by atomic mass is 10.2. The maximum Gasteiger partial charge on any atom is 0.272 e. The number of nitrogens with one attached hydrogen (secondary N) is 2. The minimum atomic E-state index is -0.328. The number of rotatable bonds is 4. The predicted molar refractivity (Wildman–Crippen MR) is 82.0 cm³/mol. The fraction of sp³-hybridized carbons (Fsp3) is 0.231. The molecule has 2 aromatic heterocycles. The smallest absolute Gasteiger partial charge is 0.272 e. The maximum atomic E-state index is 12.2. The minimum Gasteiger partial charge on any atom is -0.343 e. The van der Waals surface area contributed by atoms with Crippen molar-refractivity contribution in [3.05, 3.63) is 44.7 Å². The monoisotopic (exact) mass is 310 g/mol. The molecule has 2 aromatic rings. The van der Waals surface area contributed by atoms with Crippen LogP contribution in [0.15, 0.2) is 24.3 Å². The Bertz CT molecular complexity index is 629. The number of hydrogen-bond donors (Lipinski definition) is 3. The molecule has 1 atom stereocenters. The number of nitrogens with two attached hydrogens (primary N) is 1. The van der Waals surface area contributed by atoms with Gasteiger partial charge in [0, 0.05) is 9.75 Å². The third-order valence-corrected chi connectivity index (χ3v) is 4.23. The zero-order chi connectivity index (χ0) is 14.7. The van der Waals surface area contributed by atoms with E-state index in [2.05, 4.69) is 15.7 Å². The first-order valence-corrected chi connectivity index (χ1v) is 7.21. The van der Waals surface area contributed by atoms with Crippen LogP contribution in [0.5, 0.6) is 0 Å². The first-order chi connectivity index (χ1) is 9.51. The topological polar surface area (TPSA) is 80.0 Å². The SMILES string of the molecule is Cc1ccc(C(C)NC(=O)c2nc(NN)ccc2Cl)s1. The number of anilines is 1. The molecule has 0 aliphatic carbocycles. The van der Waals surface area contributed by atoms with Gasteiger partial charge in [0.15, 0.2) is 0 Å². The van der Waals surface area contributed by atoms with Gasteiger partial charge in [0.1, 0.15) is 11.5 Å². The summed E-state index contributed by atoms with van der Waals surface area (Å²) in [6.45, 7) is 3.94. The van der Waals surface area contributed by atoms with Gasteiger partial charge in [-0.3, -0.25) is 4.79 Å². The number of hydrazine groups is 1. The Labute approximate surface area is 126 Å². The van der Waals surface area contributed by atoms with Gasteiger partial charge >= 0.3 is 0 Å². The highest BCUT2D eigenvalue weighted by Gasteiger charge is 2.17. The molecule has 5 nitrogen and oxygen atoms in total. The van der Waals surface area contributed by atoms with Crippen molar-refractivity contribution < 1.29 is 4.79 Å². The third kappa shape index (κ3) is 3.27. The number of halogens is 1. The lowest BCUT2D eigenvalue weighted by molar-refractivity contribution is 0.0936. The highest BCUT2D eigenvalue weighted by atomic mass is 35.5. The second kappa shape index (κ2) is 6.21. The Morgan fingerprint density at radius 2 is 2.15 bits per heavy atom. The van der Waals surface area contributed by atoms with Crippen LogP contribution in [0.2, 0.25) is 5.02 Å². The number of thiophene rings is 1. The van der Waals surface area contributed by atoms with Crippen molar-refractivity contribution in [1.82, 2.24) is 10.3 Å². The van der Waals surface area contributed by atoms with E-state index in [1.54, 1.807) is 23.5 Å². The van der Waals surface area contributed by atoms with Gasteiger partial charge in [0.25, 0.3) is 5.91 Å². The van der Waals surface area contributed by atoms with Crippen LogP contribution in [-0.4, -0.2) is 10.9 Å². The molecular weight excluding hydrogens is 296 g/mol. The molecule has 106 valence electrons. The molecule has 0 radical (unpaired) electrons. The van der Waals surface area contributed by atoms with E-state index in [0.29, 0.717) is 5.82 Å². The van der Waals surface area contributed by atoms with Crippen LogP contribution in [0.3, 0.4) is 0 Å². The largest absolute Gasteiger partial charge is 0.343 e. The van der Waals surface area contributed by atoms with Gasteiger partial charge in [-0.2, -0.15) is 0 Å². The number of carbonyl (C=O) groups is 1. The Morgan fingerprint density at radius 3 is 2.75 bits per heavy atom. The van der Waals surface area contributed by atoms with Crippen molar-refractivity contribution in [2.75, 3.05) is 5.43 Å².